The van der Waals surface area contributed by atoms with Crippen LogP contribution in [-0.4, -0.2) is 14.0 Å². The molecule has 0 bridgehead atoms. The van der Waals surface area contributed by atoms with Crippen molar-refractivity contribution in [2.45, 2.75) is 25.0 Å². The van der Waals surface area contributed by atoms with E-state index in [0.717, 1.165) is 6.42 Å². The molecule has 0 amide bonds. The van der Waals surface area contributed by atoms with E-state index < -0.39 is 16.3 Å². The first-order chi connectivity index (χ1) is 4.22. The van der Waals surface area contributed by atoms with Gasteiger partial charge in [-0.3, -0.25) is 4.21 Å². The summed E-state index contributed by atoms with van der Waals surface area (Å²) < 4.78 is 20.2. The lowest BCUT2D eigenvalue weighted by atomic mass is 10.3. The van der Waals surface area contributed by atoms with E-state index in [1.54, 1.807) is 6.07 Å². The minimum atomic E-state index is -2.21. The third-order valence-corrected chi connectivity index (χ3v) is 1.73. The molecule has 0 saturated heterocycles. The summed E-state index contributed by atoms with van der Waals surface area (Å²) in [4.78, 5) is 0. The van der Waals surface area contributed by atoms with Crippen LogP contribution in [0.4, 0.5) is 0 Å². The van der Waals surface area contributed by atoms with Gasteiger partial charge in [0.05, 0.1) is 6.07 Å². The molecule has 0 aliphatic heterocycles. The third-order valence-electron chi connectivity index (χ3n) is 0.927. The van der Waals surface area contributed by atoms with Crippen LogP contribution in [0.15, 0.2) is 0 Å². The van der Waals surface area contributed by atoms with E-state index in [4.69, 9.17) is 5.26 Å². The van der Waals surface area contributed by atoms with Crippen LogP contribution in [-0.2, 0) is 11.1 Å². The summed E-state index contributed by atoms with van der Waals surface area (Å²) in [5.41, 5.74) is 0. The van der Waals surface area contributed by atoms with Crippen LogP contribution in [0, 0.1) is 11.3 Å². The van der Waals surface area contributed by atoms with E-state index in [-0.39, 0.29) is 0 Å². The molecule has 0 rings (SSSR count). The molecule has 4 heteroatoms. The van der Waals surface area contributed by atoms with Crippen molar-refractivity contribution < 1.29 is 8.76 Å². The fourth-order valence-corrected chi connectivity index (χ4v) is 0.980. The maximum atomic E-state index is 10.1. The Bertz CT molecular complexity index is 140. The number of rotatable bonds is 3. The molecular formula is C5H8NO2S-. The zero-order valence-electron chi connectivity index (χ0n) is 5.16. The standard InChI is InChI=1S/C5H9NO2S/c1-2-3-5(4-6)9(7)8/h5H,2-3H2,1H3,(H,7,8)/p-1. The lowest BCUT2D eigenvalue weighted by molar-refractivity contribution is 0.526. The molecule has 0 aromatic rings. The molecule has 0 aliphatic carbocycles. The average molecular weight is 146 g/mol. The summed E-state index contributed by atoms with van der Waals surface area (Å²) in [6.07, 6.45) is 1.17. The number of hydrogen-bond donors (Lipinski definition) is 0. The van der Waals surface area contributed by atoms with Crippen LogP contribution in [0.1, 0.15) is 19.8 Å². The summed E-state index contributed by atoms with van der Waals surface area (Å²) in [5, 5.41) is 7.37. The van der Waals surface area contributed by atoms with E-state index in [1.165, 1.54) is 0 Å². The van der Waals surface area contributed by atoms with E-state index in [0.29, 0.717) is 6.42 Å². The fourth-order valence-electron chi connectivity index (χ4n) is 0.466. The van der Waals surface area contributed by atoms with Crippen molar-refractivity contribution in [3.8, 4) is 6.07 Å². The summed E-state index contributed by atoms with van der Waals surface area (Å²) in [6, 6.07) is 1.69. The second-order valence-corrected chi connectivity index (χ2v) is 2.76. The number of hydrogen-bond acceptors (Lipinski definition) is 3. The predicted octanol–water partition coefficient (Wildman–Crippen LogP) is 0.558. The van der Waals surface area contributed by atoms with Crippen LogP contribution in [0.5, 0.6) is 0 Å². The highest BCUT2D eigenvalue weighted by molar-refractivity contribution is 7.80. The quantitative estimate of drug-likeness (QED) is 0.546. The van der Waals surface area contributed by atoms with Gasteiger partial charge in [0.1, 0.15) is 5.25 Å². The van der Waals surface area contributed by atoms with E-state index in [9.17, 15) is 8.76 Å². The van der Waals surface area contributed by atoms with Gasteiger partial charge in [-0.1, -0.05) is 13.3 Å². The van der Waals surface area contributed by atoms with Crippen molar-refractivity contribution in [1.29, 1.82) is 5.26 Å². The first-order valence-electron chi connectivity index (χ1n) is 2.70. The lowest BCUT2D eigenvalue weighted by Crippen LogP contribution is -2.10. The molecule has 3 nitrogen and oxygen atoms in total. The molecule has 0 spiro atoms. The van der Waals surface area contributed by atoms with Gasteiger partial charge in [0.25, 0.3) is 0 Å². The molecule has 0 heterocycles. The maximum absolute atomic E-state index is 10.1. The number of nitriles is 1. The van der Waals surface area contributed by atoms with E-state index >= 15 is 0 Å². The zero-order valence-corrected chi connectivity index (χ0v) is 5.98. The summed E-state index contributed by atoms with van der Waals surface area (Å²) in [6.45, 7) is 1.84. The molecule has 52 valence electrons. The second-order valence-electron chi connectivity index (χ2n) is 1.67. The fraction of sp³-hybridized carbons (Fsp3) is 0.800. The normalized spacial score (nSPS) is 16.1. The summed E-state index contributed by atoms with van der Waals surface area (Å²) in [7, 11) is 0. The van der Waals surface area contributed by atoms with Crippen molar-refractivity contribution in [2.24, 2.45) is 0 Å². The smallest absolute Gasteiger partial charge is 0.108 e. The van der Waals surface area contributed by atoms with Gasteiger partial charge in [-0.15, -0.1) is 0 Å². The van der Waals surface area contributed by atoms with E-state index in [1.807, 2.05) is 6.92 Å². The Morgan fingerprint density at radius 2 is 2.44 bits per heavy atom. The molecular weight excluding hydrogens is 138 g/mol. The van der Waals surface area contributed by atoms with Gasteiger partial charge in [-0.25, -0.2) is 0 Å². The highest BCUT2D eigenvalue weighted by Crippen LogP contribution is 2.00. The van der Waals surface area contributed by atoms with Crippen molar-refractivity contribution in [3.05, 3.63) is 0 Å². The number of nitrogens with zero attached hydrogens (tertiary/aromatic N) is 1. The van der Waals surface area contributed by atoms with Crippen molar-refractivity contribution in [3.63, 3.8) is 0 Å². The minimum Gasteiger partial charge on any atom is -0.771 e. The van der Waals surface area contributed by atoms with Gasteiger partial charge in [0.2, 0.25) is 0 Å². The average Bonchev–Trinajstić information content (AvgIpc) is 1.82. The van der Waals surface area contributed by atoms with Crippen molar-refractivity contribution in [1.82, 2.24) is 0 Å². The van der Waals surface area contributed by atoms with Gasteiger partial charge < -0.3 is 4.55 Å². The van der Waals surface area contributed by atoms with Crippen LogP contribution in [0.25, 0.3) is 0 Å². The molecule has 0 fully saturated rings. The SMILES string of the molecule is CCCC(C#N)S(=O)[O-]. The lowest BCUT2D eigenvalue weighted by Gasteiger charge is -2.09. The second kappa shape index (κ2) is 4.48. The summed E-state index contributed by atoms with van der Waals surface area (Å²) in [5.74, 6) is 0. The van der Waals surface area contributed by atoms with Crippen molar-refractivity contribution >= 4 is 11.1 Å². The minimum absolute atomic E-state index is 0.437. The predicted molar refractivity (Wildman–Crippen MR) is 33.2 cm³/mol. The van der Waals surface area contributed by atoms with Crippen LogP contribution in [0.3, 0.4) is 0 Å². The molecule has 0 N–H and O–H groups in total. The molecule has 0 saturated carbocycles. The molecule has 0 aliphatic rings. The first-order valence-corrected chi connectivity index (χ1v) is 3.83. The molecule has 9 heavy (non-hydrogen) atoms. The monoisotopic (exact) mass is 146 g/mol. The first kappa shape index (κ1) is 8.60. The highest BCUT2D eigenvalue weighted by atomic mass is 32.2. The van der Waals surface area contributed by atoms with Crippen LogP contribution < -0.4 is 0 Å². The van der Waals surface area contributed by atoms with Crippen molar-refractivity contribution in [2.75, 3.05) is 0 Å². The topological polar surface area (TPSA) is 63.9 Å². The van der Waals surface area contributed by atoms with Gasteiger partial charge in [0, 0.05) is 0 Å². The molecule has 2 unspecified atom stereocenters. The Kier molecular flexibility index (Phi) is 4.28. The third kappa shape index (κ3) is 3.22. The molecule has 0 radical (unpaired) electrons. The Balaban J connectivity index is 3.72. The summed E-state index contributed by atoms with van der Waals surface area (Å²) >= 11 is -2.21. The molecule has 0 aromatic carbocycles. The van der Waals surface area contributed by atoms with Gasteiger partial charge in [-0.2, -0.15) is 5.26 Å². The van der Waals surface area contributed by atoms with Gasteiger partial charge >= 0.3 is 0 Å². The maximum Gasteiger partial charge on any atom is 0.108 e. The van der Waals surface area contributed by atoms with Gasteiger partial charge in [-0.05, 0) is 17.5 Å². The Labute approximate surface area is 57.0 Å². The molecule has 0 aromatic heterocycles. The van der Waals surface area contributed by atoms with Crippen LogP contribution >= 0.6 is 0 Å². The Morgan fingerprint density at radius 3 is 2.56 bits per heavy atom. The Hall–Kier alpha value is -0.400. The Morgan fingerprint density at radius 1 is 1.89 bits per heavy atom. The molecule has 2 atom stereocenters. The largest absolute Gasteiger partial charge is 0.771 e. The zero-order chi connectivity index (χ0) is 7.28. The van der Waals surface area contributed by atoms with Gasteiger partial charge in [0.15, 0.2) is 0 Å². The van der Waals surface area contributed by atoms with E-state index in [2.05, 4.69) is 0 Å². The highest BCUT2D eigenvalue weighted by Gasteiger charge is 2.03. The van der Waals surface area contributed by atoms with Crippen LogP contribution in [0.2, 0.25) is 0 Å².